The van der Waals surface area contributed by atoms with Gasteiger partial charge in [-0.3, -0.25) is 14.5 Å². The van der Waals surface area contributed by atoms with E-state index in [1.807, 2.05) is 4.90 Å². The van der Waals surface area contributed by atoms with Crippen LogP contribution in [0.4, 0.5) is 5.82 Å². The number of nitrogens with zero attached hydrogens (tertiary/aromatic N) is 3. The molecule has 1 fully saturated rings. The molecule has 1 aromatic heterocycles. The smallest absolute Gasteiger partial charge is 0.253 e. The molecule has 0 aliphatic carbocycles. The molecule has 0 radical (unpaired) electrons. The molecule has 2 aromatic rings. The minimum Gasteiger partial charge on any atom is -0.360 e. The second-order valence-electron chi connectivity index (χ2n) is 5.95. The highest BCUT2D eigenvalue weighted by Gasteiger charge is 2.23. The fourth-order valence-electron chi connectivity index (χ4n) is 2.72. The molecule has 7 nitrogen and oxygen atoms in total. The van der Waals surface area contributed by atoms with E-state index in [1.165, 1.54) is 0 Å². The standard InChI is InChI=1S/C17H19ClN4O3/c1-12-9-15(20-25-12)19-16(23)11-21-5-7-22(8-6-21)17(24)13-3-2-4-14(18)10-13/h2-4,9-10H,5-8,11H2,1H3,(H,19,20,23). The number of halogens is 1. The lowest BCUT2D eigenvalue weighted by Gasteiger charge is -2.34. The van der Waals surface area contributed by atoms with Crippen LogP contribution in [-0.2, 0) is 4.79 Å². The van der Waals surface area contributed by atoms with Gasteiger partial charge in [-0.2, -0.15) is 0 Å². The van der Waals surface area contributed by atoms with E-state index >= 15 is 0 Å². The molecular weight excluding hydrogens is 344 g/mol. The third-order valence-electron chi connectivity index (χ3n) is 3.99. The first-order valence-electron chi connectivity index (χ1n) is 8.01. The largest absolute Gasteiger partial charge is 0.360 e. The number of anilines is 1. The number of hydrogen-bond acceptors (Lipinski definition) is 5. The predicted molar refractivity (Wildman–Crippen MR) is 93.7 cm³/mol. The Labute approximate surface area is 150 Å². The van der Waals surface area contributed by atoms with E-state index in [2.05, 4.69) is 10.5 Å². The first-order chi connectivity index (χ1) is 12.0. The molecule has 3 rings (SSSR count). The van der Waals surface area contributed by atoms with Crippen LogP contribution >= 0.6 is 11.6 Å². The number of carbonyl (C=O) groups is 2. The third-order valence-corrected chi connectivity index (χ3v) is 4.23. The Morgan fingerprint density at radius 1 is 1.24 bits per heavy atom. The summed E-state index contributed by atoms with van der Waals surface area (Å²) in [7, 11) is 0. The second-order valence-corrected chi connectivity index (χ2v) is 6.39. The molecule has 0 spiro atoms. The number of aryl methyl sites for hydroxylation is 1. The Bertz CT molecular complexity index is 769. The van der Waals surface area contributed by atoms with Gasteiger partial charge >= 0.3 is 0 Å². The predicted octanol–water partition coefficient (Wildman–Crippen LogP) is 2.03. The summed E-state index contributed by atoms with van der Waals surface area (Å²) in [5.41, 5.74) is 0.583. The van der Waals surface area contributed by atoms with Crippen molar-refractivity contribution in [1.29, 1.82) is 0 Å². The van der Waals surface area contributed by atoms with Gasteiger partial charge in [-0.15, -0.1) is 0 Å². The number of aromatic nitrogens is 1. The van der Waals surface area contributed by atoms with Crippen molar-refractivity contribution in [3.05, 3.63) is 46.7 Å². The Hall–Kier alpha value is -2.38. The van der Waals surface area contributed by atoms with Crippen LogP contribution in [0.3, 0.4) is 0 Å². The summed E-state index contributed by atoms with van der Waals surface area (Å²) in [6, 6.07) is 8.60. The highest BCUT2D eigenvalue weighted by molar-refractivity contribution is 6.30. The Morgan fingerprint density at radius 2 is 2.00 bits per heavy atom. The van der Waals surface area contributed by atoms with Crippen molar-refractivity contribution in [2.24, 2.45) is 0 Å². The first-order valence-corrected chi connectivity index (χ1v) is 8.39. The summed E-state index contributed by atoms with van der Waals surface area (Å²) in [6.45, 7) is 4.43. The summed E-state index contributed by atoms with van der Waals surface area (Å²) in [6.07, 6.45) is 0. The molecule has 8 heteroatoms. The molecule has 2 heterocycles. The highest BCUT2D eigenvalue weighted by atomic mass is 35.5. The average molecular weight is 363 g/mol. The summed E-state index contributed by atoms with van der Waals surface area (Å²) < 4.78 is 4.91. The van der Waals surface area contributed by atoms with E-state index in [0.717, 1.165) is 0 Å². The molecule has 1 aliphatic heterocycles. The Morgan fingerprint density at radius 3 is 2.64 bits per heavy atom. The van der Waals surface area contributed by atoms with Gasteiger partial charge in [0, 0.05) is 42.8 Å². The van der Waals surface area contributed by atoms with E-state index in [0.29, 0.717) is 48.3 Å². The van der Waals surface area contributed by atoms with Crippen molar-refractivity contribution in [2.45, 2.75) is 6.92 Å². The van der Waals surface area contributed by atoms with Crippen molar-refractivity contribution in [1.82, 2.24) is 15.0 Å². The van der Waals surface area contributed by atoms with Gasteiger partial charge in [-0.25, -0.2) is 0 Å². The molecule has 0 atom stereocenters. The minimum absolute atomic E-state index is 0.0373. The van der Waals surface area contributed by atoms with Gasteiger partial charge in [0.1, 0.15) is 5.76 Å². The van der Waals surface area contributed by atoms with Crippen molar-refractivity contribution in [2.75, 3.05) is 38.0 Å². The molecule has 0 bridgehead atoms. The first kappa shape index (κ1) is 17.4. The van der Waals surface area contributed by atoms with Crippen LogP contribution in [0.2, 0.25) is 5.02 Å². The van der Waals surface area contributed by atoms with Crippen LogP contribution in [0.1, 0.15) is 16.1 Å². The quantitative estimate of drug-likeness (QED) is 0.900. The van der Waals surface area contributed by atoms with Crippen LogP contribution < -0.4 is 5.32 Å². The maximum Gasteiger partial charge on any atom is 0.253 e. The molecule has 1 aliphatic rings. The lowest BCUT2D eigenvalue weighted by molar-refractivity contribution is -0.117. The second kappa shape index (κ2) is 7.67. The zero-order valence-electron chi connectivity index (χ0n) is 13.9. The molecule has 1 N–H and O–H groups in total. The Balaban J connectivity index is 1.48. The molecular formula is C17H19ClN4O3. The monoisotopic (exact) mass is 362 g/mol. The van der Waals surface area contributed by atoms with Gasteiger partial charge in [0.05, 0.1) is 6.54 Å². The van der Waals surface area contributed by atoms with Crippen molar-refractivity contribution in [3.8, 4) is 0 Å². The van der Waals surface area contributed by atoms with Gasteiger partial charge in [0.2, 0.25) is 5.91 Å². The van der Waals surface area contributed by atoms with Gasteiger partial charge < -0.3 is 14.7 Å². The minimum atomic E-state index is -0.150. The van der Waals surface area contributed by atoms with Gasteiger partial charge in [0.25, 0.3) is 5.91 Å². The summed E-state index contributed by atoms with van der Waals surface area (Å²) in [4.78, 5) is 28.3. The van der Waals surface area contributed by atoms with E-state index in [4.69, 9.17) is 16.1 Å². The van der Waals surface area contributed by atoms with Crippen molar-refractivity contribution in [3.63, 3.8) is 0 Å². The summed E-state index contributed by atoms with van der Waals surface area (Å²) in [5, 5.41) is 6.98. The molecule has 2 amide bonds. The zero-order valence-corrected chi connectivity index (χ0v) is 14.6. The van der Waals surface area contributed by atoms with Crippen LogP contribution in [0.5, 0.6) is 0 Å². The molecule has 1 saturated heterocycles. The Kier molecular flexibility index (Phi) is 5.35. The maximum absolute atomic E-state index is 12.5. The van der Waals surface area contributed by atoms with E-state index in [9.17, 15) is 9.59 Å². The number of carbonyl (C=O) groups excluding carboxylic acids is 2. The highest BCUT2D eigenvalue weighted by Crippen LogP contribution is 2.14. The van der Waals surface area contributed by atoms with Gasteiger partial charge in [-0.05, 0) is 25.1 Å². The molecule has 0 unspecified atom stereocenters. The fourth-order valence-corrected chi connectivity index (χ4v) is 2.91. The lowest BCUT2D eigenvalue weighted by atomic mass is 10.2. The number of benzene rings is 1. The maximum atomic E-state index is 12.5. The molecule has 0 saturated carbocycles. The molecule has 132 valence electrons. The fraction of sp³-hybridized carbons (Fsp3) is 0.353. The van der Waals surface area contributed by atoms with Crippen LogP contribution in [-0.4, -0.2) is 59.5 Å². The van der Waals surface area contributed by atoms with Gasteiger partial charge in [0.15, 0.2) is 5.82 Å². The van der Waals surface area contributed by atoms with E-state index < -0.39 is 0 Å². The third kappa shape index (κ3) is 4.58. The normalized spacial score (nSPS) is 15.2. The van der Waals surface area contributed by atoms with Crippen LogP contribution in [0.25, 0.3) is 0 Å². The summed E-state index contributed by atoms with van der Waals surface area (Å²) in [5.74, 6) is 0.869. The number of nitrogens with one attached hydrogen (secondary N) is 1. The van der Waals surface area contributed by atoms with Crippen molar-refractivity contribution >= 4 is 29.2 Å². The van der Waals surface area contributed by atoms with E-state index in [1.54, 1.807) is 42.2 Å². The molecule has 1 aromatic carbocycles. The number of hydrogen-bond donors (Lipinski definition) is 1. The molecule has 25 heavy (non-hydrogen) atoms. The average Bonchev–Trinajstić information content (AvgIpc) is 2.99. The van der Waals surface area contributed by atoms with Gasteiger partial charge in [-0.1, -0.05) is 22.8 Å². The van der Waals surface area contributed by atoms with Crippen LogP contribution in [0, 0.1) is 6.92 Å². The lowest BCUT2D eigenvalue weighted by Crippen LogP contribution is -2.50. The number of amides is 2. The SMILES string of the molecule is Cc1cc(NC(=O)CN2CCN(C(=O)c3cccc(Cl)c3)CC2)no1. The van der Waals surface area contributed by atoms with Crippen LogP contribution in [0.15, 0.2) is 34.9 Å². The number of piperazine rings is 1. The number of rotatable bonds is 4. The van der Waals surface area contributed by atoms with Crippen molar-refractivity contribution < 1.29 is 14.1 Å². The summed E-state index contributed by atoms with van der Waals surface area (Å²) >= 11 is 5.94. The zero-order chi connectivity index (χ0) is 17.8. The topological polar surface area (TPSA) is 78.7 Å². The van der Waals surface area contributed by atoms with E-state index in [-0.39, 0.29) is 18.4 Å².